The van der Waals surface area contributed by atoms with Crippen LogP contribution < -0.4 is 5.43 Å². The molecule has 0 saturated heterocycles. The Kier molecular flexibility index (Phi) is 2.71. The van der Waals surface area contributed by atoms with Crippen LogP contribution in [-0.2, 0) is 0 Å². The number of carbonyl (C=O) groups excluding carboxylic acids is 1. The van der Waals surface area contributed by atoms with Crippen molar-refractivity contribution in [1.29, 1.82) is 0 Å². The molecule has 1 heterocycles. The Balaban J connectivity index is 1.53. The monoisotopic (exact) mass is 232 g/mol. The summed E-state index contributed by atoms with van der Waals surface area (Å²) in [6.45, 7) is 0. The van der Waals surface area contributed by atoms with Crippen LogP contribution in [0.1, 0.15) is 36.2 Å². The second-order valence-corrected chi connectivity index (χ2v) is 5.04. The van der Waals surface area contributed by atoms with Gasteiger partial charge in [-0.1, -0.05) is 6.42 Å². The van der Waals surface area contributed by atoms with Gasteiger partial charge in [-0.25, -0.2) is 5.43 Å². The van der Waals surface area contributed by atoms with Gasteiger partial charge in [-0.3, -0.25) is 4.79 Å². The number of hydrazone groups is 1. The van der Waals surface area contributed by atoms with Crippen molar-refractivity contribution >= 4 is 12.1 Å². The van der Waals surface area contributed by atoms with Gasteiger partial charge in [0.15, 0.2) is 5.76 Å². The molecular weight excluding hydrogens is 216 g/mol. The zero-order valence-corrected chi connectivity index (χ0v) is 9.63. The SMILES string of the molecule is O=C(N/N=C\[C@H]1C[C@H]2CC[C@H]1C2)c1ccco1. The molecule has 1 amide bonds. The molecule has 1 aromatic heterocycles. The first-order valence-corrected chi connectivity index (χ1v) is 6.20. The van der Waals surface area contributed by atoms with E-state index in [4.69, 9.17) is 4.42 Å². The number of hydrogen-bond acceptors (Lipinski definition) is 3. The summed E-state index contributed by atoms with van der Waals surface area (Å²) in [5, 5.41) is 4.04. The van der Waals surface area contributed by atoms with E-state index in [-0.39, 0.29) is 5.91 Å². The van der Waals surface area contributed by atoms with Gasteiger partial charge in [0.2, 0.25) is 0 Å². The Morgan fingerprint density at radius 3 is 3.06 bits per heavy atom. The third-order valence-corrected chi connectivity index (χ3v) is 3.97. The smallest absolute Gasteiger partial charge is 0.307 e. The Morgan fingerprint density at radius 2 is 2.41 bits per heavy atom. The predicted molar refractivity (Wildman–Crippen MR) is 63.6 cm³/mol. The fourth-order valence-electron chi connectivity index (χ4n) is 3.13. The standard InChI is InChI=1S/C13H16N2O2/c16-13(12-2-1-5-17-12)15-14-8-11-7-9-3-4-10(11)6-9/h1-2,5,8-11H,3-4,6-7H2,(H,15,16)/b14-8-/t9-,10-,11+/m0/s1. The second-order valence-electron chi connectivity index (χ2n) is 5.04. The number of rotatable bonds is 3. The Hall–Kier alpha value is -1.58. The number of amides is 1. The molecule has 90 valence electrons. The third-order valence-electron chi connectivity index (χ3n) is 3.97. The van der Waals surface area contributed by atoms with Crippen LogP contribution in [0.3, 0.4) is 0 Å². The van der Waals surface area contributed by atoms with E-state index in [1.807, 2.05) is 6.21 Å². The number of nitrogens with one attached hydrogen (secondary N) is 1. The molecular formula is C13H16N2O2. The molecule has 3 atom stereocenters. The van der Waals surface area contributed by atoms with Crippen LogP contribution in [0.5, 0.6) is 0 Å². The van der Waals surface area contributed by atoms with Crippen molar-refractivity contribution in [2.24, 2.45) is 22.9 Å². The van der Waals surface area contributed by atoms with Crippen LogP contribution >= 0.6 is 0 Å². The average molecular weight is 232 g/mol. The number of carbonyl (C=O) groups is 1. The molecule has 0 aliphatic heterocycles. The summed E-state index contributed by atoms with van der Waals surface area (Å²) < 4.78 is 4.98. The van der Waals surface area contributed by atoms with Gasteiger partial charge in [0.05, 0.1) is 6.26 Å². The van der Waals surface area contributed by atoms with E-state index >= 15 is 0 Å². The maximum Gasteiger partial charge on any atom is 0.307 e. The number of fused-ring (bicyclic) bond motifs is 2. The minimum atomic E-state index is -0.283. The first kappa shape index (κ1) is 10.6. The van der Waals surface area contributed by atoms with Crippen molar-refractivity contribution in [3.8, 4) is 0 Å². The van der Waals surface area contributed by atoms with Gasteiger partial charge in [-0.15, -0.1) is 0 Å². The van der Waals surface area contributed by atoms with Gasteiger partial charge in [0.1, 0.15) is 0 Å². The van der Waals surface area contributed by atoms with E-state index < -0.39 is 0 Å². The highest BCUT2D eigenvalue weighted by atomic mass is 16.3. The molecule has 1 aromatic rings. The molecule has 2 saturated carbocycles. The van der Waals surface area contributed by atoms with E-state index in [2.05, 4.69) is 10.5 Å². The summed E-state index contributed by atoms with van der Waals surface area (Å²) in [5.41, 5.74) is 2.51. The molecule has 2 bridgehead atoms. The maximum absolute atomic E-state index is 11.5. The van der Waals surface area contributed by atoms with Crippen molar-refractivity contribution in [3.05, 3.63) is 24.2 Å². The summed E-state index contributed by atoms with van der Waals surface area (Å²) in [4.78, 5) is 11.5. The maximum atomic E-state index is 11.5. The second kappa shape index (κ2) is 4.35. The summed E-state index contributed by atoms with van der Waals surface area (Å²) >= 11 is 0. The normalized spacial score (nSPS) is 31.2. The van der Waals surface area contributed by atoms with Gasteiger partial charge in [0, 0.05) is 6.21 Å². The van der Waals surface area contributed by atoms with E-state index in [0.717, 1.165) is 11.8 Å². The van der Waals surface area contributed by atoms with Crippen LogP contribution in [0.15, 0.2) is 27.9 Å². The lowest BCUT2D eigenvalue weighted by molar-refractivity contribution is 0.0927. The van der Waals surface area contributed by atoms with Gasteiger partial charge in [-0.2, -0.15) is 5.10 Å². The summed E-state index contributed by atoms with van der Waals surface area (Å²) in [7, 11) is 0. The Morgan fingerprint density at radius 1 is 1.47 bits per heavy atom. The van der Waals surface area contributed by atoms with Crippen molar-refractivity contribution in [1.82, 2.24) is 5.43 Å². The molecule has 2 aliphatic carbocycles. The molecule has 0 unspecified atom stereocenters. The molecule has 17 heavy (non-hydrogen) atoms. The van der Waals surface area contributed by atoms with Crippen LogP contribution in [0.25, 0.3) is 0 Å². The highest BCUT2D eigenvalue weighted by Gasteiger charge is 2.38. The molecule has 1 N–H and O–H groups in total. The zero-order valence-electron chi connectivity index (χ0n) is 9.63. The van der Waals surface area contributed by atoms with Crippen molar-refractivity contribution < 1.29 is 9.21 Å². The van der Waals surface area contributed by atoms with Gasteiger partial charge in [0.25, 0.3) is 0 Å². The van der Waals surface area contributed by atoms with Crippen LogP contribution in [-0.4, -0.2) is 12.1 Å². The van der Waals surface area contributed by atoms with Crippen molar-refractivity contribution in [2.75, 3.05) is 0 Å². The molecule has 2 fully saturated rings. The quantitative estimate of drug-likeness (QED) is 0.642. The minimum absolute atomic E-state index is 0.283. The van der Waals surface area contributed by atoms with E-state index in [9.17, 15) is 4.79 Å². The number of nitrogens with zero attached hydrogens (tertiary/aromatic N) is 1. The molecule has 0 radical (unpaired) electrons. The van der Waals surface area contributed by atoms with Gasteiger partial charge < -0.3 is 4.42 Å². The Bertz CT molecular complexity index is 425. The largest absolute Gasteiger partial charge is 0.459 e. The lowest BCUT2D eigenvalue weighted by Gasteiger charge is -2.16. The zero-order chi connectivity index (χ0) is 11.7. The summed E-state index contributed by atoms with van der Waals surface area (Å²) in [5.74, 6) is 2.27. The fraction of sp³-hybridized carbons (Fsp3) is 0.538. The van der Waals surface area contributed by atoms with E-state index in [1.165, 1.54) is 31.9 Å². The van der Waals surface area contributed by atoms with Crippen LogP contribution in [0.2, 0.25) is 0 Å². The average Bonchev–Trinajstić information content (AvgIpc) is 3.06. The van der Waals surface area contributed by atoms with E-state index in [0.29, 0.717) is 11.7 Å². The van der Waals surface area contributed by atoms with Gasteiger partial charge >= 0.3 is 5.91 Å². The number of hydrogen-bond donors (Lipinski definition) is 1. The fourth-order valence-corrected chi connectivity index (χ4v) is 3.13. The predicted octanol–water partition coefficient (Wildman–Crippen LogP) is 2.43. The summed E-state index contributed by atoms with van der Waals surface area (Å²) in [6, 6.07) is 3.32. The van der Waals surface area contributed by atoms with Crippen LogP contribution in [0.4, 0.5) is 0 Å². The highest BCUT2D eigenvalue weighted by Crippen LogP contribution is 2.47. The Labute approximate surface area is 100 Å². The topological polar surface area (TPSA) is 54.6 Å². The van der Waals surface area contributed by atoms with Crippen molar-refractivity contribution in [2.45, 2.75) is 25.7 Å². The van der Waals surface area contributed by atoms with Crippen molar-refractivity contribution in [3.63, 3.8) is 0 Å². The minimum Gasteiger partial charge on any atom is -0.459 e. The highest BCUT2D eigenvalue weighted by molar-refractivity contribution is 5.91. The lowest BCUT2D eigenvalue weighted by atomic mass is 9.90. The molecule has 0 aromatic carbocycles. The molecule has 3 rings (SSSR count). The van der Waals surface area contributed by atoms with E-state index in [1.54, 1.807) is 12.1 Å². The van der Waals surface area contributed by atoms with Crippen LogP contribution in [0, 0.1) is 17.8 Å². The molecule has 0 spiro atoms. The van der Waals surface area contributed by atoms with Gasteiger partial charge in [-0.05, 0) is 49.1 Å². The third kappa shape index (κ3) is 2.12. The summed E-state index contributed by atoms with van der Waals surface area (Å²) in [6.07, 6.45) is 8.69. The first-order valence-electron chi connectivity index (χ1n) is 6.20. The number of furan rings is 1. The first-order chi connectivity index (χ1) is 8.33. The molecule has 2 aliphatic rings. The molecule has 4 nitrogen and oxygen atoms in total. The lowest BCUT2D eigenvalue weighted by Crippen LogP contribution is -2.19. The molecule has 4 heteroatoms.